The molecular formula is C26H24BrN. The van der Waals surface area contributed by atoms with Crippen LogP contribution in [0.1, 0.15) is 37.0 Å². The first-order valence-electron chi connectivity index (χ1n) is 9.97. The molecule has 0 amide bonds. The molecule has 28 heavy (non-hydrogen) atoms. The number of nitrogens with zero attached hydrogens (tertiary/aromatic N) is 1. The standard InChI is InChI=1S/C26H24BrN/c1-16-13-22-25-23(28(27)26(22)18(16)3)14-17(2)21(15-19-9-7-8-10-19)24(25)20-11-5-4-6-12-20/h4-9,11-14,26H,10,15H2,1-3H3. The number of benzene rings is 2. The summed E-state index contributed by atoms with van der Waals surface area (Å²) < 4.78 is 2.29. The predicted octanol–water partition coefficient (Wildman–Crippen LogP) is 7.32. The van der Waals surface area contributed by atoms with Gasteiger partial charge in [0.15, 0.2) is 0 Å². The van der Waals surface area contributed by atoms with Gasteiger partial charge in [0, 0.05) is 5.56 Å². The lowest BCUT2D eigenvalue weighted by Crippen LogP contribution is -2.21. The Balaban J connectivity index is 1.78. The summed E-state index contributed by atoms with van der Waals surface area (Å²) in [6.45, 7) is 6.75. The van der Waals surface area contributed by atoms with E-state index in [2.05, 4.69) is 102 Å². The minimum absolute atomic E-state index is 0.305. The first-order chi connectivity index (χ1) is 13.6. The topological polar surface area (TPSA) is 3.24 Å². The minimum atomic E-state index is 0.305. The fourth-order valence-electron chi connectivity index (χ4n) is 4.82. The maximum Gasteiger partial charge on any atom is 0.0876 e. The number of aryl methyl sites for hydroxylation is 1. The highest BCUT2D eigenvalue weighted by Gasteiger charge is 2.40. The van der Waals surface area contributed by atoms with Crippen LogP contribution in [-0.2, 0) is 6.42 Å². The molecular weight excluding hydrogens is 406 g/mol. The molecule has 2 aromatic rings. The average molecular weight is 430 g/mol. The number of halogens is 1. The molecule has 0 N–H and O–H groups in total. The Bertz CT molecular complexity index is 1100. The van der Waals surface area contributed by atoms with E-state index >= 15 is 0 Å². The fraction of sp³-hybridized carbons (Fsp3) is 0.231. The van der Waals surface area contributed by atoms with Crippen molar-refractivity contribution in [3.63, 3.8) is 0 Å². The van der Waals surface area contributed by atoms with Crippen LogP contribution in [0.25, 0.3) is 16.7 Å². The SMILES string of the molecule is CC1=C(C)C2C(=C1)c1c(cc(C)c(CC3=CC=CC3)c1-c1ccccc1)N2Br. The summed E-state index contributed by atoms with van der Waals surface area (Å²) in [6.07, 6.45) is 11.2. The molecule has 1 atom stereocenters. The molecule has 0 saturated carbocycles. The summed E-state index contributed by atoms with van der Waals surface area (Å²) >= 11 is 3.90. The van der Waals surface area contributed by atoms with Crippen LogP contribution in [0.4, 0.5) is 5.69 Å². The first kappa shape index (κ1) is 17.8. The highest BCUT2D eigenvalue weighted by Crippen LogP contribution is 2.54. The van der Waals surface area contributed by atoms with Crippen LogP contribution in [-0.4, -0.2) is 6.04 Å². The van der Waals surface area contributed by atoms with Gasteiger partial charge in [-0.3, -0.25) is 3.93 Å². The first-order valence-corrected chi connectivity index (χ1v) is 10.7. The van der Waals surface area contributed by atoms with Crippen molar-refractivity contribution in [2.45, 2.75) is 39.7 Å². The smallest absolute Gasteiger partial charge is 0.0876 e. The molecule has 5 rings (SSSR count). The van der Waals surface area contributed by atoms with Crippen LogP contribution in [0.3, 0.4) is 0 Å². The van der Waals surface area contributed by atoms with Gasteiger partial charge in [0.25, 0.3) is 0 Å². The third-order valence-electron chi connectivity index (χ3n) is 6.40. The number of anilines is 1. The van der Waals surface area contributed by atoms with Gasteiger partial charge in [-0.2, -0.15) is 0 Å². The van der Waals surface area contributed by atoms with E-state index in [4.69, 9.17) is 0 Å². The summed E-state index contributed by atoms with van der Waals surface area (Å²) in [7, 11) is 0. The van der Waals surface area contributed by atoms with Crippen molar-refractivity contribution >= 4 is 27.4 Å². The van der Waals surface area contributed by atoms with Crippen molar-refractivity contribution in [3.8, 4) is 11.1 Å². The molecule has 140 valence electrons. The van der Waals surface area contributed by atoms with Gasteiger partial charge in [0.1, 0.15) is 0 Å². The molecule has 0 aromatic heterocycles. The van der Waals surface area contributed by atoms with Gasteiger partial charge in [-0.15, -0.1) is 0 Å². The van der Waals surface area contributed by atoms with E-state index in [9.17, 15) is 0 Å². The zero-order valence-corrected chi connectivity index (χ0v) is 18.2. The summed E-state index contributed by atoms with van der Waals surface area (Å²) in [6, 6.07) is 13.6. The van der Waals surface area contributed by atoms with Gasteiger partial charge < -0.3 is 0 Å². The average Bonchev–Trinajstić information content (AvgIpc) is 3.37. The number of fused-ring (bicyclic) bond motifs is 3. The number of hydrogen-bond donors (Lipinski definition) is 0. The van der Waals surface area contributed by atoms with Gasteiger partial charge in [-0.25, -0.2) is 0 Å². The molecule has 2 heteroatoms. The molecule has 1 unspecified atom stereocenters. The molecule has 3 aliphatic rings. The molecule has 1 nitrogen and oxygen atoms in total. The number of rotatable bonds is 3. The van der Waals surface area contributed by atoms with Crippen molar-refractivity contribution in [1.29, 1.82) is 0 Å². The third kappa shape index (κ3) is 2.58. The Morgan fingerprint density at radius 1 is 1.07 bits per heavy atom. The van der Waals surface area contributed by atoms with Crippen LogP contribution < -0.4 is 3.93 Å². The van der Waals surface area contributed by atoms with Gasteiger partial charge in [0.2, 0.25) is 0 Å². The molecule has 2 aromatic carbocycles. The molecule has 0 bridgehead atoms. The second-order valence-electron chi connectivity index (χ2n) is 8.12. The number of hydrogen-bond acceptors (Lipinski definition) is 1. The molecule has 1 aliphatic heterocycles. The fourth-order valence-corrected chi connectivity index (χ4v) is 5.62. The highest BCUT2D eigenvalue weighted by molar-refractivity contribution is 9.10. The second kappa shape index (κ2) is 6.63. The van der Waals surface area contributed by atoms with Gasteiger partial charge in [-0.1, -0.05) is 60.2 Å². The van der Waals surface area contributed by atoms with E-state index in [1.165, 1.54) is 55.8 Å². The second-order valence-corrected chi connectivity index (χ2v) is 8.88. The molecule has 2 aliphatic carbocycles. The number of allylic oxidation sites excluding steroid dienone is 6. The van der Waals surface area contributed by atoms with E-state index in [0.29, 0.717) is 6.04 Å². The van der Waals surface area contributed by atoms with Crippen molar-refractivity contribution in [2.75, 3.05) is 3.93 Å². The molecule has 0 saturated heterocycles. The van der Waals surface area contributed by atoms with E-state index < -0.39 is 0 Å². The van der Waals surface area contributed by atoms with Crippen molar-refractivity contribution in [1.82, 2.24) is 0 Å². The molecule has 0 spiro atoms. The third-order valence-corrected chi connectivity index (χ3v) is 7.19. The Labute approximate surface area is 176 Å². The Morgan fingerprint density at radius 3 is 2.57 bits per heavy atom. The van der Waals surface area contributed by atoms with Crippen molar-refractivity contribution in [2.24, 2.45) is 0 Å². The van der Waals surface area contributed by atoms with E-state index in [-0.39, 0.29) is 0 Å². The normalized spacial score (nSPS) is 19.9. The molecule has 0 radical (unpaired) electrons. The quantitative estimate of drug-likeness (QED) is 0.461. The van der Waals surface area contributed by atoms with E-state index in [0.717, 1.165) is 12.8 Å². The van der Waals surface area contributed by atoms with Gasteiger partial charge >= 0.3 is 0 Å². The van der Waals surface area contributed by atoms with Crippen molar-refractivity contribution in [3.05, 3.63) is 94.1 Å². The maximum atomic E-state index is 3.90. The maximum absolute atomic E-state index is 3.90. The Morgan fingerprint density at radius 2 is 1.86 bits per heavy atom. The summed E-state index contributed by atoms with van der Waals surface area (Å²) in [5, 5.41) is 0. The Hall–Kier alpha value is -2.32. The monoisotopic (exact) mass is 429 g/mol. The zero-order valence-electron chi connectivity index (χ0n) is 16.6. The summed E-state index contributed by atoms with van der Waals surface area (Å²) in [5.41, 5.74) is 14.0. The predicted molar refractivity (Wildman–Crippen MR) is 124 cm³/mol. The van der Waals surface area contributed by atoms with Crippen LogP contribution in [0.5, 0.6) is 0 Å². The molecule has 0 fully saturated rings. The van der Waals surface area contributed by atoms with Crippen LogP contribution >= 0.6 is 16.1 Å². The van der Waals surface area contributed by atoms with E-state index in [1.807, 2.05) is 0 Å². The summed E-state index contributed by atoms with van der Waals surface area (Å²) in [4.78, 5) is 0. The molecule has 1 heterocycles. The Kier molecular flexibility index (Phi) is 4.21. The largest absolute Gasteiger partial charge is 0.297 e. The van der Waals surface area contributed by atoms with Crippen LogP contribution in [0, 0.1) is 6.92 Å². The van der Waals surface area contributed by atoms with Crippen molar-refractivity contribution < 1.29 is 0 Å². The minimum Gasteiger partial charge on any atom is -0.297 e. The lowest BCUT2D eigenvalue weighted by Gasteiger charge is -2.21. The van der Waals surface area contributed by atoms with E-state index in [1.54, 1.807) is 0 Å². The summed E-state index contributed by atoms with van der Waals surface area (Å²) in [5.74, 6) is 0. The highest BCUT2D eigenvalue weighted by atomic mass is 79.9. The van der Waals surface area contributed by atoms with Gasteiger partial charge in [-0.05, 0) is 78.7 Å². The van der Waals surface area contributed by atoms with Gasteiger partial charge in [0.05, 0.1) is 27.9 Å². The zero-order chi connectivity index (χ0) is 19.4. The lowest BCUT2D eigenvalue weighted by molar-refractivity contribution is 1.02. The van der Waals surface area contributed by atoms with Crippen LogP contribution in [0.2, 0.25) is 0 Å². The lowest BCUT2D eigenvalue weighted by atomic mass is 9.84. The van der Waals surface area contributed by atoms with Crippen LogP contribution in [0.15, 0.2) is 77.4 Å².